The molecule has 164 valence electrons. The number of amidine groups is 1. The summed E-state index contributed by atoms with van der Waals surface area (Å²) in [5.74, 6) is -0.672. The van der Waals surface area contributed by atoms with Gasteiger partial charge < -0.3 is 10.1 Å². The number of thioether (sulfide) groups is 1. The van der Waals surface area contributed by atoms with Crippen LogP contribution in [0.5, 0.6) is 5.75 Å². The van der Waals surface area contributed by atoms with Crippen LogP contribution in [0.2, 0.25) is 0 Å². The van der Waals surface area contributed by atoms with Crippen LogP contribution in [0.3, 0.4) is 0 Å². The molecule has 0 aliphatic carbocycles. The third kappa shape index (κ3) is 6.18. The molecule has 0 aromatic heterocycles. The number of aryl methyl sites for hydroxylation is 2. The summed E-state index contributed by atoms with van der Waals surface area (Å²) in [5.41, 5.74) is -0.706. The van der Waals surface area contributed by atoms with Gasteiger partial charge in [0.25, 0.3) is 0 Å². The lowest BCUT2D eigenvalue weighted by atomic mass is 10.1. The number of nitrogens with zero attached hydrogens (tertiary/aromatic N) is 2. The van der Waals surface area contributed by atoms with Gasteiger partial charge in [-0.2, -0.15) is 0 Å². The molecule has 1 heterocycles. The molecule has 2 aromatic rings. The Morgan fingerprint density at radius 3 is 2.55 bits per heavy atom. The van der Waals surface area contributed by atoms with Gasteiger partial charge in [0, 0.05) is 30.8 Å². The number of carbonyl (C=O) groups excluding carboxylic acids is 2. The number of aliphatic imine (C=N–C) groups is 1. The van der Waals surface area contributed by atoms with Crippen molar-refractivity contribution < 1.29 is 23.1 Å². The van der Waals surface area contributed by atoms with E-state index in [9.17, 15) is 18.4 Å². The molecule has 2 amide bonds. The highest BCUT2D eigenvalue weighted by Crippen LogP contribution is 2.31. The fourth-order valence-corrected chi connectivity index (χ4v) is 4.05. The van der Waals surface area contributed by atoms with Crippen LogP contribution in [0.1, 0.15) is 17.5 Å². The molecule has 3 rings (SSSR count). The Balaban J connectivity index is 1.75. The Morgan fingerprint density at radius 2 is 1.94 bits per heavy atom. The molecular weight excluding hydrogens is 448 g/mol. The van der Waals surface area contributed by atoms with E-state index in [2.05, 4.69) is 15.0 Å². The standard InChI is InChI=1S/C21H20ClF2N3O3S/c1-12-4-9-16(13(2)10-12)26-19(29)17-11-18(28)27(3)20(31-17)25-14-5-7-15(8-6-14)30-21(22,23)24/h4-10,17H,11H2,1-3H3,(H,26,29)/t17-/m0/s1. The highest BCUT2D eigenvalue weighted by Gasteiger charge is 2.34. The fraction of sp³-hybridized carbons (Fsp3) is 0.286. The lowest BCUT2D eigenvalue weighted by molar-refractivity contribution is -0.128. The average molecular weight is 468 g/mol. The molecule has 1 N–H and O–H groups in total. The van der Waals surface area contributed by atoms with Crippen LogP contribution >= 0.6 is 23.4 Å². The highest BCUT2D eigenvalue weighted by atomic mass is 35.5. The maximum atomic E-state index is 12.8. The molecule has 31 heavy (non-hydrogen) atoms. The first-order valence-electron chi connectivity index (χ1n) is 9.27. The molecule has 1 aliphatic heterocycles. The number of anilines is 1. The number of halogens is 3. The van der Waals surface area contributed by atoms with E-state index < -0.39 is 10.8 Å². The Hall–Kier alpha value is -2.65. The summed E-state index contributed by atoms with van der Waals surface area (Å²) in [6.07, 6.45) is 0.0362. The highest BCUT2D eigenvalue weighted by molar-refractivity contribution is 8.15. The fourth-order valence-electron chi connectivity index (χ4n) is 2.90. The van der Waals surface area contributed by atoms with E-state index >= 15 is 0 Å². The van der Waals surface area contributed by atoms with E-state index in [0.29, 0.717) is 16.5 Å². The maximum absolute atomic E-state index is 12.8. The zero-order valence-electron chi connectivity index (χ0n) is 17.0. The molecule has 2 aromatic carbocycles. The van der Waals surface area contributed by atoms with Crippen LogP contribution in [0.25, 0.3) is 0 Å². The average Bonchev–Trinajstić information content (AvgIpc) is 2.67. The number of amides is 2. The quantitative estimate of drug-likeness (QED) is 0.624. The summed E-state index contributed by atoms with van der Waals surface area (Å²) in [6, 6.07) is 11.2. The lowest BCUT2D eigenvalue weighted by Crippen LogP contribution is -2.43. The van der Waals surface area contributed by atoms with Crippen molar-refractivity contribution in [1.29, 1.82) is 0 Å². The van der Waals surface area contributed by atoms with Crippen molar-refractivity contribution in [2.24, 2.45) is 4.99 Å². The number of hydrogen-bond acceptors (Lipinski definition) is 5. The van der Waals surface area contributed by atoms with Crippen LogP contribution in [-0.2, 0) is 9.59 Å². The van der Waals surface area contributed by atoms with Gasteiger partial charge in [0.1, 0.15) is 11.0 Å². The summed E-state index contributed by atoms with van der Waals surface area (Å²) < 4.78 is 29.7. The summed E-state index contributed by atoms with van der Waals surface area (Å²) in [7, 11) is 1.57. The summed E-state index contributed by atoms with van der Waals surface area (Å²) in [4.78, 5) is 30.9. The molecule has 6 nitrogen and oxygen atoms in total. The number of nitrogens with one attached hydrogen (secondary N) is 1. The lowest BCUT2D eigenvalue weighted by Gasteiger charge is -2.29. The number of rotatable bonds is 5. The Morgan fingerprint density at radius 1 is 1.26 bits per heavy atom. The Labute approximate surface area is 187 Å². The number of ether oxygens (including phenoxy) is 1. The van der Waals surface area contributed by atoms with E-state index in [1.165, 1.54) is 29.2 Å². The molecule has 1 aliphatic rings. The van der Waals surface area contributed by atoms with E-state index in [1.807, 2.05) is 32.0 Å². The van der Waals surface area contributed by atoms with Crippen molar-refractivity contribution >= 4 is 51.7 Å². The van der Waals surface area contributed by atoms with Crippen LogP contribution in [-0.4, -0.2) is 39.7 Å². The van der Waals surface area contributed by atoms with Gasteiger partial charge in [0.05, 0.1) is 5.69 Å². The number of alkyl halides is 3. The van der Waals surface area contributed by atoms with Crippen molar-refractivity contribution in [3.8, 4) is 5.75 Å². The van der Waals surface area contributed by atoms with Gasteiger partial charge >= 0.3 is 5.57 Å². The van der Waals surface area contributed by atoms with Crippen molar-refractivity contribution in [2.45, 2.75) is 31.1 Å². The third-order valence-corrected chi connectivity index (χ3v) is 5.81. The van der Waals surface area contributed by atoms with Gasteiger partial charge in [-0.25, -0.2) is 4.99 Å². The van der Waals surface area contributed by atoms with Gasteiger partial charge in [-0.1, -0.05) is 29.5 Å². The monoisotopic (exact) mass is 467 g/mol. The predicted octanol–water partition coefficient (Wildman–Crippen LogP) is 5.06. The van der Waals surface area contributed by atoms with Crippen molar-refractivity contribution in [3.63, 3.8) is 0 Å². The van der Waals surface area contributed by atoms with Crippen LogP contribution in [0.4, 0.5) is 20.2 Å². The first-order chi connectivity index (χ1) is 14.5. The predicted molar refractivity (Wildman–Crippen MR) is 118 cm³/mol. The van der Waals surface area contributed by atoms with Gasteiger partial charge in [-0.15, -0.1) is 8.78 Å². The second-order valence-electron chi connectivity index (χ2n) is 7.01. The van der Waals surface area contributed by atoms with Crippen LogP contribution in [0.15, 0.2) is 47.5 Å². The topological polar surface area (TPSA) is 71.0 Å². The van der Waals surface area contributed by atoms with Crippen molar-refractivity contribution in [3.05, 3.63) is 53.6 Å². The number of carbonyl (C=O) groups is 2. The van der Waals surface area contributed by atoms with E-state index in [0.717, 1.165) is 22.9 Å². The van der Waals surface area contributed by atoms with E-state index in [1.54, 1.807) is 7.05 Å². The van der Waals surface area contributed by atoms with Gasteiger partial charge in [-0.05, 0) is 49.7 Å². The number of hydrogen-bond donors (Lipinski definition) is 1. The third-order valence-electron chi connectivity index (χ3n) is 4.50. The van der Waals surface area contributed by atoms with E-state index in [4.69, 9.17) is 11.6 Å². The largest absolute Gasteiger partial charge is 0.487 e. The summed E-state index contributed by atoms with van der Waals surface area (Å²) in [6.45, 7) is 3.86. The van der Waals surface area contributed by atoms with Crippen LogP contribution < -0.4 is 10.1 Å². The minimum Gasteiger partial charge on any atom is -0.420 e. The van der Waals surface area contributed by atoms with E-state index in [-0.39, 0.29) is 24.0 Å². The molecule has 1 fully saturated rings. The molecule has 10 heteroatoms. The zero-order chi connectivity index (χ0) is 22.8. The van der Waals surface area contributed by atoms with Crippen LogP contribution in [0, 0.1) is 13.8 Å². The molecule has 0 spiro atoms. The Kier molecular flexibility index (Phi) is 6.86. The Bertz CT molecular complexity index is 1030. The molecule has 1 saturated heterocycles. The molecule has 0 radical (unpaired) electrons. The van der Waals surface area contributed by atoms with Crippen molar-refractivity contribution in [1.82, 2.24) is 4.90 Å². The normalized spacial score (nSPS) is 18.3. The maximum Gasteiger partial charge on any atom is 0.487 e. The first kappa shape index (κ1) is 23.0. The van der Waals surface area contributed by atoms with Gasteiger partial charge in [0.15, 0.2) is 5.17 Å². The summed E-state index contributed by atoms with van der Waals surface area (Å²) >= 11 is 5.91. The number of benzene rings is 2. The summed E-state index contributed by atoms with van der Waals surface area (Å²) in [5, 5.41) is 2.55. The molecule has 0 saturated carbocycles. The minimum atomic E-state index is -3.81. The second kappa shape index (κ2) is 9.23. The molecule has 1 atom stereocenters. The van der Waals surface area contributed by atoms with Crippen molar-refractivity contribution in [2.75, 3.05) is 12.4 Å². The molecule has 0 bridgehead atoms. The van der Waals surface area contributed by atoms with Gasteiger partial charge in [-0.3, -0.25) is 14.5 Å². The minimum absolute atomic E-state index is 0.0362. The first-order valence-corrected chi connectivity index (χ1v) is 10.5. The zero-order valence-corrected chi connectivity index (χ0v) is 18.6. The SMILES string of the molecule is Cc1ccc(NC(=O)[C@@H]2CC(=O)N(C)C(=Nc3ccc(OC(F)(F)Cl)cc3)S2)c(C)c1. The van der Waals surface area contributed by atoms with Gasteiger partial charge in [0.2, 0.25) is 11.8 Å². The molecule has 0 unspecified atom stereocenters. The second-order valence-corrected chi connectivity index (χ2v) is 8.62. The molecular formula is C21H20ClF2N3O3S. The smallest absolute Gasteiger partial charge is 0.420 e.